The van der Waals surface area contributed by atoms with Gasteiger partial charge in [-0.2, -0.15) is 0 Å². The largest absolute Gasteiger partial charge is 0.495 e. The van der Waals surface area contributed by atoms with E-state index in [4.69, 9.17) is 10.5 Å². The molecular weight excluding hydrogens is 264 g/mol. The number of carbonyl (C=O) groups is 1. The topological polar surface area (TPSA) is 64.3 Å². The average molecular weight is 285 g/mol. The molecule has 0 bridgehead atoms. The number of amides is 2. The number of hydrogen-bond donors (Lipinski definition) is 2. The summed E-state index contributed by atoms with van der Waals surface area (Å²) in [6.45, 7) is 5.84. The summed E-state index contributed by atoms with van der Waals surface area (Å²) in [4.78, 5) is 10.6. The molecule has 2 aromatic rings. The molecule has 3 N–H and O–H groups in total. The molecule has 0 aromatic heterocycles. The van der Waals surface area contributed by atoms with Gasteiger partial charge in [0.15, 0.2) is 0 Å². The van der Waals surface area contributed by atoms with Gasteiger partial charge in [-0.3, -0.25) is 0 Å². The van der Waals surface area contributed by atoms with Crippen molar-refractivity contribution in [2.45, 2.75) is 13.3 Å². The Morgan fingerprint density at radius 3 is 2.33 bits per heavy atom. The first kappa shape index (κ1) is 16.6. The molecule has 0 fully saturated rings. The molecule has 0 heterocycles. The van der Waals surface area contributed by atoms with Crippen molar-refractivity contribution in [2.24, 2.45) is 5.73 Å². The summed E-state index contributed by atoms with van der Waals surface area (Å²) in [5, 5.41) is 2.47. The number of hydrogen-bond acceptors (Lipinski definition) is 2. The molecule has 0 aliphatic rings. The van der Waals surface area contributed by atoms with Gasteiger partial charge >= 0.3 is 6.03 Å². The second-order valence-corrected chi connectivity index (χ2v) is 4.43. The lowest BCUT2D eigenvalue weighted by atomic mass is 10.1. The molecule has 0 atom stereocenters. The van der Waals surface area contributed by atoms with Crippen LogP contribution in [0.4, 0.5) is 10.5 Å². The summed E-state index contributed by atoms with van der Waals surface area (Å²) in [6.07, 6.45) is 0.674. The molecule has 2 amide bonds. The third-order valence-corrected chi connectivity index (χ3v) is 2.75. The van der Waals surface area contributed by atoms with E-state index in [9.17, 15) is 4.79 Å². The highest BCUT2D eigenvalue weighted by Gasteiger charge is 2.04. The molecule has 0 saturated heterocycles. The maximum absolute atomic E-state index is 10.6. The van der Waals surface area contributed by atoms with Crippen LogP contribution in [0.1, 0.15) is 11.1 Å². The summed E-state index contributed by atoms with van der Waals surface area (Å²) < 4.78 is 5.09. The first-order valence-corrected chi connectivity index (χ1v) is 6.61. The molecule has 21 heavy (non-hydrogen) atoms. The number of nitrogens with one attached hydrogen (secondary N) is 1. The van der Waals surface area contributed by atoms with Gasteiger partial charge in [0, 0.05) is 0 Å². The second-order valence-electron chi connectivity index (χ2n) is 4.43. The van der Waals surface area contributed by atoms with E-state index in [0.29, 0.717) is 17.9 Å². The van der Waals surface area contributed by atoms with E-state index in [1.807, 2.05) is 30.3 Å². The average Bonchev–Trinajstić information content (AvgIpc) is 2.48. The van der Waals surface area contributed by atoms with Gasteiger partial charge < -0.3 is 15.8 Å². The Kier molecular flexibility index (Phi) is 6.81. The SMILES string of the molecule is Cc1ccccc1.[CH2]Cc1ccc(NC(N)=O)c(OC)c1. The Morgan fingerprint density at radius 2 is 1.90 bits per heavy atom. The van der Waals surface area contributed by atoms with Gasteiger partial charge in [-0.15, -0.1) is 0 Å². The highest BCUT2D eigenvalue weighted by atomic mass is 16.5. The van der Waals surface area contributed by atoms with Crippen molar-refractivity contribution in [3.63, 3.8) is 0 Å². The van der Waals surface area contributed by atoms with Crippen molar-refractivity contribution in [1.82, 2.24) is 0 Å². The number of methoxy groups -OCH3 is 1. The Labute approximate surface area is 125 Å². The molecule has 1 radical (unpaired) electrons. The first-order chi connectivity index (χ1) is 10.1. The predicted octanol–water partition coefficient (Wildman–Crippen LogP) is 3.56. The molecule has 4 heteroatoms. The van der Waals surface area contributed by atoms with Gasteiger partial charge in [0.1, 0.15) is 5.75 Å². The van der Waals surface area contributed by atoms with E-state index < -0.39 is 6.03 Å². The van der Waals surface area contributed by atoms with Gasteiger partial charge in [-0.25, -0.2) is 4.79 Å². The standard InChI is InChI=1S/C10H13N2O2.C7H8/c1-3-7-4-5-8(12-10(11)13)9(6-7)14-2;1-7-5-3-2-4-6-7/h4-6H,1,3H2,2H3,(H3,11,12,13);2-6H,1H3. The number of ether oxygens (including phenoxy) is 1. The minimum Gasteiger partial charge on any atom is -0.495 e. The maximum atomic E-state index is 10.6. The quantitative estimate of drug-likeness (QED) is 0.905. The summed E-state index contributed by atoms with van der Waals surface area (Å²) >= 11 is 0. The molecule has 111 valence electrons. The van der Waals surface area contributed by atoms with Crippen LogP contribution in [-0.2, 0) is 6.42 Å². The van der Waals surface area contributed by atoms with Crippen LogP contribution < -0.4 is 15.8 Å². The second kappa shape index (κ2) is 8.64. The zero-order chi connectivity index (χ0) is 15.7. The fraction of sp³-hybridized carbons (Fsp3) is 0.176. The molecule has 2 rings (SSSR count). The summed E-state index contributed by atoms with van der Waals surface area (Å²) in [5.41, 5.74) is 7.93. The van der Waals surface area contributed by atoms with Gasteiger partial charge in [0.25, 0.3) is 0 Å². The van der Waals surface area contributed by atoms with E-state index in [2.05, 4.69) is 31.3 Å². The molecule has 0 aliphatic heterocycles. The van der Waals surface area contributed by atoms with Gasteiger partial charge in [-0.05, 0) is 38.0 Å². The van der Waals surface area contributed by atoms with Crippen LogP contribution in [0.15, 0.2) is 48.5 Å². The lowest BCUT2D eigenvalue weighted by Crippen LogP contribution is -2.19. The Hall–Kier alpha value is -2.49. The van der Waals surface area contributed by atoms with E-state index in [1.165, 1.54) is 12.7 Å². The van der Waals surface area contributed by atoms with Crippen molar-refractivity contribution in [3.05, 3.63) is 66.6 Å². The van der Waals surface area contributed by atoms with Crippen LogP contribution in [0.2, 0.25) is 0 Å². The summed E-state index contributed by atoms with van der Waals surface area (Å²) in [5.74, 6) is 0.588. The van der Waals surface area contributed by atoms with E-state index in [-0.39, 0.29) is 0 Å². The number of primary amides is 1. The number of carbonyl (C=O) groups excluding carboxylic acids is 1. The predicted molar refractivity (Wildman–Crippen MR) is 86.4 cm³/mol. The fourth-order valence-corrected chi connectivity index (χ4v) is 1.66. The molecule has 0 unspecified atom stereocenters. The minimum absolute atomic E-state index is 0.567. The van der Waals surface area contributed by atoms with Crippen molar-refractivity contribution in [2.75, 3.05) is 12.4 Å². The minimum atomic E-state index is -0.606. The first-order valence-electron chi connectivity index (χ1n) is 6.61. The lowest BCUT2D eigenvalue weighted by molar-refractivity contribution is 0.259. The lowest BCUT2D eigenvalue weighted by Gasteiger charge is -2.09. The van der Waals surface area contributed by atoms with E-state index in [0.717, 1.165) is 5.56 Å². The number of rotatable bonds is 3. The molecule has 0 aliphatic carbocycles. The van der Waals surface area contributed by atoms with Crippen LogP contribution in [-0.4, -0.2) is 13.1 Å². The Balaban J connectivity index is 0.000000262. The molecule has 4 nitrogen and oxygen atoms in total. The van der Waals surface area contributed by atoms with E-state index in [1.54, 1.807) is 6.07 Å². The van der Waals surface area contributed by atoms with Crippen LogP contribution in [0.5, 0.6) is 5.75 Å². The van der Waals surface area contributed by atoms with Crippen molar-refractivity contribution in [3.8, 4) is 5.75 Å². The van der Waals surface area contributed by atoms with Gasteiger partial charge in [0.05, 0.1) is 12.8 Å². The van der Waals surface area contributed by atoms with Crippen molar-refractivity contribution >= 4 is 11.7 Å². The van der Waals surface area contributed by atoms with Crippen molar-refractivity contribution < 1.29 is 9.53 Å². The van der Waals surface area contributed by atoms with Crippen molar-refractivity contribution in [1.29, 1.82) is 0 Å². The monoisotopic (exact) mass is 285 g/mol. The third kappa shape index (κ3) is 5.99. The molecule has 0 saturated carbocycles. The smallest absolute Gasteiger partial charge is 0.316 e. The zero-order valence-corrected chi connectivity index (χ0v) is 12.4. The van der Waals surface area contributed by atoms with Crippen LogP contribution in [0.3, 0.4) is 0 Å². The number of urea groups is 1. The number of anilines is 1. The fourth-order valence-electron chi connectivity index (χ4n) is 1.66. The Morgan fingerprint density at radius 1 is 1.24 bits per heavy atom. The molecular formula is C17H21N2O2. The number of nitrogens with two attached hydrogens (primary N) is 1. The third-order valence-electron chi connectivity index (χ3n) is 2.75. The summed E-state index contributed by atoms with van der Waals surface area (Å²) in [6, 6.07) is 15.1. The zero-order valence-electron chi connectivity index (χ0n) is 12.4. The number of aryl methyl sites for hydroxylation is 1. The van der Waals surface area contributed by atoms with Crippen LogP contribution in [0.25, 0.3) is 0 Å². The normalized spacial score (nSPS) is 9.29. The molecule has 2 aromatic carbocycles. The summed E-state index contributed by atoms with van der Waals surface area (Å²) in [7, 11) is 1.54. The molecule has 0 spiro atoms. The van der Waals surface area contributed by atoms with Crippen LogP contribution >= 0.6 is 0 Å². The van der Waals surface area contributed by atoms with Gasteiger partial charge in [0.2, 0.25) is 0 Å². The highest BCUT2D eigenvalue weighted by Crippen LogP contribution is 2.25. The van der Waals surface area contributed by atoms with Gasteiger partial charge in [-0.1, -0.05) is 42.0 Å². The van der Waals surface area contributed by atoms with E-state index >= 15 is 0 Å². The number of benzene rings is 2. The highest BCUT2D eigenvalue weighted by molar-refractivity contribution is 5.89. The van der Waals surface area contributed by atoms with Crippen LogP contribution in [0, 0.1) is 13.8 Å². The maximum Gasteiger partial charge on any atom is 0.316 e. The Bertz CT molecular complexity index is 568.